The predicted octanol–water partition coefficient (Wildman–Crippen LogP) is 2.99. The Morgan fingerprint density at radius 3 is 2.71 bits per heavy atom. The second kappa shape index (κ2) is 7.77. The van der Waals surface area contributed by atoms with Crippen LogP contribution >= 0.6 is 11.6 Å². The van der Waals surface area contributed by atoms with Gasteiger partial charge in [0.2, 0.25) is 0 Å². The fourth-order valence-corrected chi connectivity index (χ4v) is 3.70. The molecule has 2 aromatic rings. The van der Waals surface area contributed by atoms with E-state index in [0.29, 0.717) is 23.5 Å². The largest absolute Gasteiger partial charge is 0.463 e. The Kier molecular flexibility index (Phi) is 5.35. The van der Waals surface area contributed by atoms with Crippen LogP contribution in [0.25, 0.3) is 17.0 Å². The minimum absolute atomic E-state index is 0.0716. The van der Waals surface area contributed by atoms with Gasteiger partial charge in [-0.15, -0.1) is 0 Å². The smallest absolute Gasteiger partial charge is 0.319 e. The lowest BCUT2D eigenvalue weighted by Crippen LogP contribution is -2.41. The Morgan fingerprint density at radius 2 is 2.07 bits per heavy atom. The molecule has 1 saturated heterocycles. The van der Waals surface area contributed by atoms with E-state index in [1.54, 1.807) is 7.05 Å². The van der Waals surface area contributed by atoms with E-state index in [4.69, 9.17) is 21.1 Å². The van der Waals surface area contributed by atoms with Gasteiger partial charge in [0.15, 0.2) is 11.0 Å². The van der Waals surface area contributed by atoms with E-state index in [1.807, 2.05) is 0 Å². The van der Waals surface area contributed by atoms with E-state index in [9.17, 15) is 4.39 Å². The van der Waals surface area contributed by atoms with Crippen LogP contribution in [0.1, 0.15) is 18.5 Å². The molecule has 9 heteroatoms. The molecule has 1 aliphatic carbocycles. The third-order valence-corrected chi connectivity index (χ3v) is 5.56. The molecule has 0 bridgehead atoms. The highest BCUT2D eigenvalue weighted by atomic mass is 35.5. The van der Waals surface area contributed by atoms with E-state index >= 15 is 0 Å². The molecular weight excluding hydrogens is 385 g/mol. The van der Waals surface area contributed by atoms with Crippen LogP contribution in [0.15, 0.2) is 6.58 Å². The first-order valence-electron chi connectivity index (χ1n) is 9.35. The Labute approximate surface area is 167 Å². The van der Waals surface area contributed by atoms with Gasteiger partial charge in [0, 0.05) is 32.1 Å². The third kappa shape index (κ3) is 3.76. The van der Waals surface area contributed by atoms with Crippen molar-refractivity contribution in [3.05, 3.63) is 23.2 Å². The number of nitrogens with one attached hydrogen (secondary N) is 1. The Hall–Kier alpha value is -2.03. The number of hydrogen-bond acceptors (Lipinski definition) is 7. The Balaban J connectivity index is 1.57. The number of morpholine rings is 1. The van der Waals surface area contributed by atoms with Crippen LogP contribution in [0.3, 0.4) is 0 Å². The zero-order valence-electron chi connectivity index (χ0n) is 15.8. The maximum atomic E-state index is 14.6. The summed E-state index contributed by atoms with van der Waals surface area (Å²) in [7, 11) is 1.70. The van der Waals surface area contributed by atoms with Crippen LogP contribution in [-0.4, -0.2) is 66.4 Å². The molecule has 0 aromatic carbocycles. The molecule has 150 valence electrons. The Morgan fingerprint density at radius 1 is 1.32 bits per heavy atom. The molecule has 1 aliphatic heterocycles. The van der Waals surface area contributed by atoms with Gasteiger partial charge in [-0.1, -0.05) is 18.2 Å². The van der Waals surface area contributed by atoms with Crippen molar-refractivity contribution in [3.63, 3.8) is 0 Å². The first kappa shape index (κ1) is 19.3. The van der Waals surface area contributed by atoms with Crippen LogP contribution < -0.4 is 10.1 Å². The fourth-order valence-electron chi connectivity index (χ4n) is 3.52. The van der Waals surface area contributed by atoms with Crippen molar-refractivity contribution < 1.29 is 13.9 Å². The van der Waals surface area contributed by atoms with Crippen molar-refractivity contribution in [2.24, 2.45) is 5.41 Å². The number of anilines is 1. The minimum atomic E-state index is -0.694. The van der Waals surface area contributed by atoms with E-state index in [0.717, 1.165) is 45.7 Å². The topological polar surface area (TPSA) is 72.4 Å². The number of ether oxygens (including phenoxy) is 2. The summed E-state index contributed by atoms with van der Waals surface area (Å²) in [6.07, 6.45) is 3.70. The number of rotatable bonds is 7. The van der Waals surface area contributed by atoms with Gasteiger partial charge in [-0.3, -0.25) is 4.90 Å². The van der Waals surface area contributed by atoms with E-state index in [1.165, 1.54) is 6.08 Å². The molecule has 0 radical (unpaired) electrons. The van der Waals surface area contributed by atoms with E-state index in [2.05, 4.69) is 31.7 Å². The minimum Gasteiger partial charge on any atom is -0.463 e. The van der Waals surface area contributed by atoms with Crippen LogP contribution in [0.4, 0.5) is 10.2 Å². The second-order valence-electron chi connectivity index (χ2n) is 7.31. The monoisotopic (exact) mass is 407 g/mol. The molecule has 4 rings (SSSR count). The molecule has 3 heterocycles. The van der Waals surface area contributed by atoms with Crippen molar-refractivity contribution >= 4 is 34.4 Å². The average Bonchev–Trinajstić information content (AvgIpc) is 3.49. The van der Waals surface area contributed by atoms with Crippen LogP contribution in [0.2, 0.25) is 5.15 Å². The van der Waals surface area contributed by atoms with Gasteiger partial charge in [-0.05, 0) is 18.9 Å². The number of hydrogen-bond donors (Lipinski definition) is 1. The summed E-state index contributed by atoms with van der Waals surface area (Å²) >= 11 is 5.92. The zero-order valence-corrected chi connectivity index (χ0v) is 16.6. The Bertz CT molecular complexity index is 900. The van der Waals surface area contributed by atoms with Gasteiger partial charge in [-0.2, -0.15) is 9.97 Å². The molecule has 0 amide bonds. The lowest BCUT2D eigenvalue weighted by molar-refractivity contribution is 0.0231. The number of nitrogens with zero attached hydrogens (tertiary/aromatic N) is 4. The van der Waals surface area contributed by atoms with Gasteiger partial charge in [0.25, 0.3) is 0 Å². The second-order valence-corrected chi connectivity index (χ2v) is 7.67. The van der Waals surface area contributed by atoms with Crippen LogP contribution in [0.5, 0.6) is 6.01 Å². The lowest BCUT2D eigenvalue weighted by atomic mass is 10.1. The number of aromatic nitrogens is 3. The van der Waals surface area contributed by atoms with Gasteiger partial charge < -0.3 is 14.8 Å². The first-order valence-corrected chi connectivity index (χ1v) is 9.73. The third-order valence-electron chi connectivity index (χ3n) is 5.31. The summed E-state index contributed by atoms with van der Waals surface area (Å²) < 4.78 is 25.9. The molecule has 28 heavy (non-hydrogen) atoms. The van der Waals surface area contributed by atoms with Gasteiger partial charge in [0.05, 0.1) is 30.9 Å². The highest BCUT2D eigenvalue weighted by molar-refractivity contribution is 6.30. The summed E-state index contributed by atoms with van der Waals surface area (Å²) in [6.45, 7) is 8.60. The van der Waals surface area contributed by atoms with Crippen molar-refractivity contribution in [2.75, 3.05) is 51.8 Å². The summed E-state index contributed by atoms with van der Waals surface area (Å²) in [5, 5.41) is 3.14. The summed E-state index contributed by atoms with van der Waals surface area (Å²) in [4.78, 5) is 15.1. The van der Waals surface area contributed by atoms with E-state index in [-0.39, 0.29) is 22.1 Å². The predicted molar refractivity (Wildman–Crippen MR) is 106 cm³/mol. The number of fused-ring (bicyclic) bond motifs is 1. The molecule has 7 nitrogen and oxygen atoms in total. The average molecular weight is 408 g/mol. The molecule has 2 aromatic heterocycles. The molecule has 2 fully saturated rings. The standard InChI is InChI=1S/C19H23ClFN5O2/c1-3-12-13-15(14(21)16(20)23-12)24-18(25-17(13)22-2)28-11-19(4-5-19)10-26-6-8-27-9-7-26/h3H,1,4-11H2,2H3,(H,22,24,25). The first-order chi connectivity index (χ1) is 13.5. The van der Waals surface area contributed by atoms with Gasteiger partial charge in [-0.25, -0.2) is 9.37 Å². The molecular formula is C19H23ClFN5O2. The molecule has 2 aliphatic rings. The SMILES string of the molecule is C=Cc1nc(Cl)c(F)c2nc(OCC3(CN4CCOCC4)CC3)nc(NC)c12. The molecule has 1 N–H and O–H groups in total. The summed E-state index contributed by atoms with van der Waals surface area (Å²) in [5.74, 6) is -0.267. The molecule has 0 spiro atoms. The number of pyridine rings is 1. The van der Waals surface area contributed by atoms with Crippen LogP contribution in [0, 0.1) is 11.2 Å². The lowest BCUT2D eigenvalue weighted by Gasteiger charge is -2.30. The van der Waals surface area contributed by atoms with Gasteiger partial charge >= 0.3 is 6.01 Å². The summed E-state index contributed by atoms with van der Waals surface area (Å²) in [5.41, 5.74) is 0.599. The van der Waals surface area contributed by atoms with Crippen molar-refractivity contribution in [2.45, 2.75) is 12.8 Å². The molecule has 0 unspecified atom stereocenters. The number of halogens is 2. The highest BCUT2D eigenvalue weighted by Gasteiger charge is 2.45. The zero-order chi connectivity index (χ0) is 19.7. The highest BCUT2D eigenvalue weighted by Crippen LogP contribution is 2.46. The summed E-state index contributed by atoms with van der Waals surface area (Å²) in [6, 6.07) is 0.126. The normalized spacial score (nSPS) is 18.8. The fraction of sp³-hybridized carbons (Fsp3) is 0.526. The van der Waals surface area contributed by atoms with Crippen molar-refractivity contribution in [3.8, 4) is 6.01 Å². The van der Waals surface area contributed by atoms with Crippen LogP contribution in [-0.2, 0) is 4.74 Å². The van der Waals surface area contributed by atoms with Crippen molar-refractivity contribution in [1.29, 1.82) is 0 Å². The maximum absolute atomic E-state index is 14.6. The molecule has 0 atom stereocenters. The molecule has 1 saturated carbocycles. The van der Waals surface area contributed by atoms with Crippen molar-refractivity contribution in [1.82, 2.24) is 19.9 Å². The van der Waals surface area contributed by atoms with E-state index < -0.39 is 5.82 Å². The van der Waals surface area contributed by atoms with Gasteiger partial charge in [0.1, 0.15) is 11.3 Å². The quantitative estimate of drug-likeness (QED) is 0.707. The maximum Gasteiger partial charge on any atom is 0.319 e.